The first-order valence-corrected chi connectivity index (χ1v) is 6.31. The van der Waals surface area contributed by atoms with Gasteiger partial charge in [-0.1, -0.05) is 6.92 Å². The molecule has 1 aromatic rings. The van der Waals surface area contributed by atoms with Gasteiger partial charge in [0.2, 0.25) is 0 Å². The Morgan fingerprint density at radius 3 is 2.20 bits per heavy atom. The minimum absolute atomic E-state index is 0.385. The van der Waals surface area contributed by atoms with E-state index < -0.39 is 0 Å². The van der Waals surface area contributed by atoms with Crippen LogP contribution in [0.2, 0.25) is 0 Å². The Labute approximate surface area is 119 Å². The zero-order valence-electron chi connectivity index (χ0n) is 12.3. The summed E-state index contributed by atoms with van der Waals surface area (Å²) in [5.41, 5.74) is 0.707. The van der Waals surface area contributed by atoms with Gasteiger partial charge >= 0.3 is 5.97 Å². The molecule has 0 saturated heterocycles. The highest BCUT2D eigenvalue weighted by Gasteiger charge is 2.10. The second-order valence-electron chi connectivity index (χ2n) is 3.95. The SMILES string of the molecule is CCCOC(=O)C=Cc1cc(OC)c(OC)cc1OC. The normalized spacial score (nSPS) is 10.4. The summed E-state index contributed by atoms with van der Waals surface area (Å²) >= 11 is 0. The minimum Gasteiger partial charge on any atom is -0.496 e. The smallest absolute Gasteiger partial charge is 0.330 e. The van der Waals surface area contributed by atoms with Crippen LogP contribution in [0.15, 0.2) is 18.2 Å². The second kappa shape index (κ2) is 8.09. The van der Waals surface area contributed by atoms with Crippen molar-refractivity contribution in [1.29, 1.82) is 0 Å². The Morgan fingerprint density at radius 2 is 1.65 bits per heavy atom. The standard InChI is InChI=1S/C15H20O5/c1-5-8-20-15(16)7-6-11-9-13(18-3)14(19-4)10-12(11)17-2/h6-7,9-10H,5,8H2,1-4H3. The van der Waals surface area contributed by atoms with Crippen LogP contribution in [0.1, 0.15) is 18.9 Å². The molecule has 110 valence electrons. The molecule has 0 bridgehead atoms. The highest BCUT2D eigenvalue weighted by atomic mass is 16.5. The van der Waals surface area contributed by atoms with E-state index >= 15 is 0 Å². The molecule has 0 amide bonds. The molecular formula is C15H20O5. The van der Waals surface area contributed by atoms with Crippen molar-refractivity contribution < 1.29 is 23.7 Å². The van der Waals surface area contributed by atoms with Gasteiger partial charge in [-0.3, -0.25) is 0 Å². The third-order valence-corrected chi connectivity index (χ3v) is 2.58. The fourth-order valence-electron chi connectivity index (χ4n) is 1.59. The molecule has 0 radical (unpaired) electrons. The summed E-state index contributed by atoms with van der Waals surface area (Å²) in [5.74, 6) is 1.33. The van der Waals surface area contributed by atoms with Crippen LogP contribution < -0.4 is 14.2 Å². The number of esters is 1. The van der Waals surface area contributed by atoms with Crippen molar-refractivity contribution in [3.8, 4) is 17.2 Å². The van der Waals surface area contributed by atoms with Crippen molar-refractivity contribution >= 4 is 12.0 Å². The minimum atomic E-state index is -0.385. The van der Waals surface area contributed by atoms with E-state index in [0.717, 1.165) is 6.42 Å². The topological polar surface area (TPSA) is 54.0 Å². The molecule has 0 fully saturated rings. The van der Waals surface area contributed by atoms with E-state index in [4.69, 9.17) is 18.9 Å². The van der Waals surface area contributed by atoms with E-state index in [9.17, 15) is 4.79 Å². The number of ether oxygens (including phenoxy) is 4. The first kappa shape index (κ1) is 15.9. The van der Waals surface area contributed by atoms with E-state index in [1.165, 1.54) is 6.08 Å². The maximum atomic E-state index is 11.4. The van der Waals surface area contributed by atoms with Crippen molar-refractivity contribution in [3.63, 3.8) is 0 Å². The number of benzene rings is 1. The lowest BCUT2D eigenvalue weighted by atomic mass is 10.1. The molecule has 0 unspecified atom stereocenters. The highest BCUT2D eigenvalue weighted by molar-refractivity contribution is 5.87. The molecule has 0 atom stereocenters. The number of methoxy groups -OCH3 is 3. The zero-order chi connectivity index (χ0) is 15.0. The first-order chi connectivity index (χ1) is 9.65. The molecule has 0 aliphatic rings. The van der Waals surface area contributed by atoms with Crippen molar-refractivity contribution in [2.75, 3.05) is 27.9 Å². The van der Waals surface area contributed by atoms with Crippen LogP contribution >= 0.6 is 0 Å². The molecule has 0 aliphatic carbocycles. The molecule has 20 heavy (non-hydrogen) atoms. The van der Waals surface area contributed by atoms with Crippen LogP contribution in [-0.2, 0) is 9.53 Å². The number of hydrogen-bond donors (Lipinski definition) is 0. The molecule has 5 nitrogen and oxygen atoms in total. The van der Waals surface area contributed by atoms with Gasteiger partial charge in [0.15, 0.2) is 11.5 Å². The van der Waals surface area contributed by atoms with E-state index in [2.05, 4.69) is 0 Å². The van der Waals surface area contributed by atoms with Gasteiger partial charge < -0.3 is 18.9 Å². The summed E-state index contributed by atoms with van der Waals surface area (Å²) in [7, 11) is 4.65. The summed E-state index contributed by atoms with van der Waals surface area (Å²) in [6.07, 6.45) is 3.78. The highest BCUT2D eigenvalue weighted by Crippen LogP contribution is 2.35. The molecule has 0 aliphatic heterocycles. The molecule has 0 heterocycles. The molecule has 0 spiro atoms. The average Bonchev–Trinajstić information content (AvgIpc) is 2.49. The van der Waals surface area contributed by atoms with Crippen molar-refractivity contribution in [2.24, 2.45) is 0 Å². The molecule has 1 rings (SSSR count). The Kier molecular flexibility index (Phi) is 6.43. The molecular weight excluding hydrogens is 260 g/mol. The maximum absolute atomic E-state index is 11.4. The van der Waals surface area contributed by atoms with Crippen molar-refractivity contribution in [3.05, 3.63) is 23.8 Å². The Bertz CT molecular complexity index is 479. The van der Waals surface area contributed by atoms with Crippen molar-refractivity contribution in [1.82, 2.24) is 0 Å². The molecule has 0 N–H and O–H groups in total. The lowest BCUT2D eigenvalue weighted by Crippen LogP contribution is -2.01. The van der Waals surface area contributed by atoms with Gasteiger partial charge in [-0.2, -0.15) is 0 Å². The quantitative estimate of drug-likeness (QED) is 0.568. The fraction of sp³-hybridized carbons (Fsp3) is 0.400. The maximum Gasteiger partial charge on any atom is 0.330 e. The number of carbonyl (C=O) groups excluding carboxylic acids is 1. The third kappa shape index (κ3) is 4.19. The van der Waals surface area contributed by atoms with Crippen LogP contribution in [-0.4, -0.2) is 33.9 Å². The van der Waals surface area contributed by atoms with Crippen LogP contribution in [0.3, 0.4) is 0 Å². The van der Waals surface area contributed by atoms with E-state index in [0.29, 0.717) is 29.4 Å². The Morgan fingerprint density at radius 1 is 1.05 bits per heavy atom. The second-order valence-corrected chi connectivity index (χ2v) is 3.95. The largest absolute Gasteiger partial charge is 0.496 e. The predicted octanol–water partition coefficient (Wildman–Crippen LogP) is 2.68. The zero-order valence-corrected chi connectivity index (χ0v) is 12.3. The monoisotopic (exact) mass is 280 g/mol. The van der Waals surface area contributed by atoms with E-state index in [1.807, 2.05) is 6.92 Å². The van der Waals surface area contributed by atoms with Gasteiger partial charge in [-0.15, -0.1) is 0 Å². The van der Waals surface area contributed by atoms with E-state index in [1.54, 1.807) is 39.5 Å². The van der Waals surface area contributed by atoms with Crippen LogP contribution in [0.5, 0.6) is 17.2 Å². The Balaban J connectivity index is 2.98. The van der Waals surface area contributed by atoms with Crippen LogP contribution in [0.4, 0.5) is 0 Å². The van der Waals surface area contributed by atoms with E-state index in [-0.39, 0.29) is 5.97 Å². The van der Waals surface area contributed by atoms with Gasteiger partial charge in [0.25, 0.3) is 0 Å². The Hall–Kier alpha value is -2.17. The molecule has 5 heteroatoms. The number of hydrogen-bond acceptors (Lipinski definition) is 5. The lowest BCUT2D eigenvalue weighted by molar-refractivity contribution is -0.137. The summed E-state index contributed by atoms with van der Waals surface area (Å²) in [5, 5.41) is 0. The number of carbonyl (C=O) groups is 1. The molecule has 1 aromatic carbocycles. The fourth-order valence-corrected chi connectivity index (χ4v) is 1.59. The van der Waals surface area contributed by atoms with Gasteiger partial charge in [0.05, 0.1) is 27.9 Å². The van der Waals surface area contributed by atoms with Crippen LogP contribution in [0, 0.1) is 0 Å². The summed E-state index contributed by atoms with van der Waals surface area (Å²) in [6, 6.07) is 3.44. The average molecular weight is 280 g/mol. The summed E-state index contributed by atoms with van der Waals surface area (Å²) in [6.45, 7) is 2.35. The van der Waals surface area contributed by atoms with Crippen LogP contribution in [0.25, 0.3) is 6.08 Å². The van der Waals surface area contributed by atoms with Gasteiger partial charge in [0.1, 0.15) is 5.75 Å². The van der Waals surface area contributed by atoms with Gasteiger partial charge in [0, 0.05) is 17.7 Å². The summed E-state index contributed by atoms with van der Waals surface area (Å²) in [4.78, 5) is 11.4. The lowest BCUT2D eigenvalue weighted by Gasteiger charge is -2.12. The molecule has 0 aromatic heterocycles. The third-order valence-electron chi connectivity index (χ3n) is 2.58. The van der Waals surface area contributed by atoms with Crippen molar-refractivity contribution in [2.45, 2.75) is 13.3 Å². The molecule has 0 saturated carbocycles. The number of rotatable bonds is 7. The first-order valence-electron chi connectivity index (χ1n) is 6.31. The van der Waals surface area contributed by atoms with Gasteiger partial charge in [-0.05, 0) is 18.6 Å². The van der Waals surface area contributed by atoms with Gasteiger partial charge in [-0.25, -0.2) is 4.79 Å². The summed E-state index contributed by atoms with van der Waals surface area (Å²) < 4.78 is 20.6. The predicted molar refractivity (Wildman–Crippen MR) is 76.4 cm³/mol.